The number of amides is 1. The van der Waals surface area contributed by atoms with Gasteiger partial charge in [-0.25, -0.2) is 9.48 Å². The van der Waals surface area contributed by atoms with Crippen LogP contribution >= 0.6 is 11.6 Å². The van der Waals surface area contributed by atoms with Gasteiger partial charge >= 0.3 is 12.1 Å². The lowest BCUT2D eigenvalue weighted by atomic mass is 10.1. The summed E-state index contributed by atoms with van der Waals surface area (Å²) in [6.45, 7) is 1.34. The number of alkyl halides is 3. The molecule has 0 radical (unpaired) electrons. The number of carbonyl (C=O) groups is 2. The third kappa shape index (κ3) is 7.92. The largest absolute Gasteiger partial charge is 0.490 e. The maximum atomic E-state index is 12.7. The number of aromatic nitrogens is 2. The van der Waals surface area contributed by atoms with Gasteiger partial charge in [-0.15, -0.1) is 0 Å². The van der Waals surface area contributed by atoms with Gasteiger partial charge in [0.25, 0.3) is 5.91 Å². The van der Waals surface area contributed by atoms with E-state index in [1.165, 1.54) is 0 Å². The van der Waals surface area contributed by atoms with Crippen molar-refractivity contribution in [2.75, 3.05) is 27.2 Å². The Hall–Kier alpha value is -3.37. The number of hydrogen-bond acceptors (Lipinski definition) is 4. The molecule has 33 heavy (non-hydrogen) atoms. The number of halogens is 4. The van der Waals surface area contributed by atoms with Crippen molar-refractivity contribution in [3.63, 3.8) is 0 Å². The molecule has 0 aliphatic carbocycles. The van der Waals surface area contributed by atoms with E-state index >= 15 is 0 Å². The molecule has 2 N–H and O–H groups in total. The number of hydrogen-bond donors (Lipinski definition) is 2. The second kappa shape index (κ2) is 11.5. The van der Waals surface area contributed by atoms with E-state index in [0.29, 0.717) is 22.8 Å². The molecule has 0 aliphatic rings. The van der Waals surface area contributed by atoms with E-state index < -0.39 is 12.1 Å². The number of nitrogens with zero attached hydrogens (tertiary/aromatic N) is 3. The Kier molecular flexibility index (Phi) is 9.01. The minimum absolute atomic E-state index is 0.140. The van der Waals surface area contributed by atoms with Crippen LogP contribution < -0.4 is 5.32 Å². The first-order valence-electron chi connectivity index (χ1n) is 9.63. The van der Waals surface area contributed by atoms with Crippen LogP contribution in [0.25, 0.3) is 16.9 Å². The predicted octanol–water partition coefficient (Wildman–Crippen LogP) is 4.12. The predicted molar refractivity (Wildman–Crippen MR) is 119 cm³/mol. The van der Waals surface area contributed by atoms with Crippen molar-refractivity contribution in [2.24, 2.45) is 0 Å². The van der Waals surface area contributed by atoms with Crippen LogP contribution in [0.15, 0.2) is 60.8 Å². The van der Waals surface area contributed by atoms with Gasteiger partial charge in [-0.3, -0.25) is 4.79 Å². The molecule has 3 rings (SSSR count). The number of nitrogens with one attached hydrogen (secondary N) is 1. The van der Waals surface area contributed by atoms with Crippen molar-refractivity contribution >= 4 is 23.5 Å². The third-order valence-corrected chi connectivity index (χ3v) is 4.44. The Bertz CT molecular complexity index is 1070. The molecule has 0 spiro atoms. The fourth-order valence-corrected chi connectivity index (χ4v) is 2.69. The van der Waals surface area contributed by atoms with Crippen LogP contribution in [0.4, 0.5) is 13.2 Å². The molecule has 1 heterocycles. The normalized spacial score (nSPS) is 11.0. The Balaban J connectivity index is 0.000000479. The van der Waals surface area contributed by atoms with Crippen molar-refractivity contribution in [1.29, 1.82) is 0 Å². The average Bonchev–Trinajstić information content (AvgIpc) is 3.20. The van der Waals surface area contributed by atoms with Gasteiger partial charge in [0.2, 0.25) is 0 Å². The molecule has 0 bridgehead atoms. The van der Waals surface area contributed by atoms with Gasteiger partial charge in [0, 0.05) is 29.9 Å². The van der Waals surface area contributed by atoms with E-state index in [0.717, 1.165) is 17.8 Å². The molecule has 0 fully saturated rings. The number of likely N-dealkylation sites (N-methyl/N-ethyl adjacent to an activating group) is 1. The highest BCUT2D eigenvalue weighted by Gasteiger charge is 2.38. The Morgan fingerprint density at radius 1 is 1.09 bits per heavy atom. The quantitative estimate of drug-likeness (QED) is 0.552. The summed E-state index contributed by atoms with van der Waals surface area (Å²) >= 11 is 5.99. The minimum Gasteiger partial charge on any atom is -0.475 e. The molecule has 2 aromatic carbocycles. The number of aliphatic carboxylic acids is 1. The van der Waals surface area contributed by atoms with Gasteiger partial charge in [-0.2, -0.15) is 18.3 Å². The number of para-hydroxylation sites is 1. The molecule has 3 aromatic rings. The topological polar surface area (TPSA) is 87.5 Å². The second-order valence-electron chi connectivity index (χ2n) is 7.04. The fourth-order valence-electron chi connectivity index (χ4n) is 2.56. The van der Waals surface area contributed by atoms with Crippen LogP contribution in [0.1, 0.15) is 10.4 Å². The van der Waals surface area contributed by atoms with Gasteiger partial charge < -0.3 is 15.3 Å². The van der Waals surface area contributed by atoms with Gasteiger partial charge in [0.1, 0.15) is 5.69 Å². The zero-order valence-corrected chi connectivity index (χ0v) is 18.6. The molecular weight excluding hydrogens is 461 g/mol. The highest BCUT2D eigenvalue weighted by molar-refractivity contribution is 6.30. The summed E-state index contributed by atoms with van der Waals surface area (Å²) in [6.07, 6.45) is -3.32. The summed E-state index contributed by atoms with van der Waals surface area (Å²) in [5, 5.41) is 15.4. The van der Waals surface area contributed by atoms with E-state index in [4.69, 9.17) is 21.5 Å². The van der Waals surface area contributed by atoms with E-state index in [-0.39, 0.29) is 5.91 Å². The first-order valence-corrected chi connectivity index (χ1v) is 10.0. The second-order valence-corrected chi connectivity index (χ2v) is 7.48. The van der Waals surface area contributed by atoms with Crippen LogP contribution in [0.5, 0.6) is 0 Å². The van der Waals surface area contributed by atoms with Crippen LogP contribution in [0.3, 0.4) is 0 Å². The van der Waals surface area contributed by atoms with Crippen LogP contribution in [-0.4, -0.2) is 65.0 Å². The number of carboxylic acid groups (broad SMARTS) is 1. The lowest BCUT2D eigenvalue weighted by Gasteiger charge is -2.10. The summed E-state index contributed by atoms with van der Waals surface area (Å²) in [4.78, 5) is 23.6. The highest BCUT2D eigenvalue weighted by atomic mass is 35.5. The van der Waals surface area contributed by atoms with E-state index in [9.17, 15) is 18.0 Å². The zero-order valence-electron chi connectivity index (χ0n) is 17.8. The van der Waals surface area contributed by atoms with Crippen LogP contribution in [-0.2, 0) is 4.79 Å². The van der Waals surface area contributed by atoms with Crippen molar-refractivity contribution in [1.82, 2.24) is 20.0 Å². The van der Waals surface area contributed by atoms with Gasteiger partial charge in [0.05, 0.1) is 11.3 Å². The average molecular weight is 483 g/mol. The lowest BCUT2D eigenvalue weighted by Crippen LogP contribution is -2.31. The summed E-state index contributed by atoms with van der Waals surface area (Å²) in [7, 11) is 3.94. The highest BCUT2D eigenvalue weighted by Crippen LogP contribution is 2.25. The number of rotatable bonds is 6. The SMILES string of the molecule is CN(C)CCNC(=O)c1cn(-c2ccccc2)nc1-c1ccc(Cl)cc1.O=C(O)C(F)(F)F. The van der Waals surface area contributed by atoms with E-state index in [1.54, 1.807) is 23.0 Å². The smallest absolute Gasteiger partial charge is 0.475 e. The van der Waals surface area contributed by atoms with Gasteiger partial charge in [-0.05, 0) is 38.4 Å². The van der Waals surface area contributed by atoms with Crippen molar-refractivity contribution in [3.05, 3.63) is 71.4 Å². The molecule has 7 nitrogen and oxygen atoms in total. The van der Waals surface area contributed by atoms with Gasteiger partial charge in [0.15, 0.2) is 0 Å². The zero-order chi connectivity index (χ0) is 24.6. The molecule has 0 atom stereocenters. The molecule has 0 aliphatic heterocycles. The summed E-state index contributed by atoms with van der Waals surface area (Å²) in [5.41, 5.74) is 2.92. The number of carbonyl (C=O) groups excluding carboxylic acids is 1. The molecule has 0 saturated heterocycles. The maximum absolute atomic E-state index is 12.7. The molecular formula is C22H22ClF3N4O3. The summed E-state index contributed by atoms with van der Waals surface area (Å²) in [6, 6.07) is 17.1. The molecule has 1 aromatic heterocycles. The maximum Gasteiger partial charge on any atom is 0.490 e. The number of carboxylic acids is 1. The van der Waals surface area contributed by atoms with E-state index in [2.05, 4.69) is 10.4 Å². The third-order valence-electron chi connectivity index (χ3n) is 4.18. The van der Waals surface area contributed by atoms with Crippen LogP contribution in [0, 0.1) is 0 Å². The Morgan fingerprint density at radius 3 is 2.18 bits per heavy atom. The number of benzene rings is 2. The Labute approximate surface area is 193 Å². The first-order chi connectivity index (χ1) is 15.5. The van der Waals surface area contributed by atoms with Crippen molar-refractivity contribution < 1.29 is 27.9 Å². The summed E-state index contributed by atoms with van der Waals surface area (Å²) < 4.78 is 33.5. The molecule has 11 heteroatoms. The van der Waals surface area contributed by atoms with Crippen molar-refractivity contribution in [3.8, 4) is 16.9 Å². The van der Waals surface area contributed by atoms with Gasteiger partial charge in [-0.1, -0.05) is 41.9 Å². The standard InChI is InChI=1S/C20H21ClN4O.C2HF3O2/c1-24(2)13-12-22-20(26)18-14-25(17-6-4-3-5-7-17)23-19(18)15-8-10-16(21)11-9-15;3-2(4,5)1(6)7/h3-11,14H,12-13H2,1-2H3,(H,22,26);(H,6,7). The van der Waals surface area contributed by atoms with Crippen LogP contribution in [0.2, 0.25) is 5.02 Å². The Morgan fingerprint density at radius 2 is 1.67 bits per heavy atom. The molecule has 176 valence electrons. The summed E-state index contributed by atoms with van der Waals surface area (Å²) in [5.74, 6) is -2.90. The molecule has 0 unspecified atom stereocenters. The van der Waals surface area contributed by atoms with Crippen molar-refractivity contribution in [2.45, 2.75) is 6.18 Å². The molecule has 0 saturated carbocycles. The van der Waals surface area contributed by atoms with E-state index in [1.807, 2.05) is 61.5 Å². The first kappa shape index (κ1) is 25.9. The fraction of sp³-hybridized carbons (Fsp3) is 0.227. The monoisotopic (exact) mass is 482 g/mol. The lowest BCUT2D eigenvalue weighted by molar-refractivity contribution is -0.192. The molecule has 1 amide bonds. The minimum atomic E-state index is -5.08.